The number of rotatable bonds is 6. The fourth-order valence-electron chi connectivity index (χ4n) is 2.71. The average molecular weight is 397 g/mol. The van der Waals surface area contributed by atoms with E-state index in [1.54, 1.807) is 5.38 Å². The number of hydrogen-bond acceptors (Lipinski definition) is 6. The van der Waals surface area contributed by atoms with Crippen molar-refractivity contribution in [1.82, 2.24) is 9.62 Å². The first-order valence-corrected chi connectivity index (χ1v) is 10.0. The molecule has 0 unspecified atom stereocenters. The molecule has 0 saturated carbocycles. The van der Waals surface area contributed by atoms with E-state index in [0.29, 0.717) is 6.54 Å². The van der Waals surface area contributed by atoms with Crippen molar-refractivity contribution in [3.63, 3.8) is 0 Å². The number of nitrogens with zero attached hydrogens (tertiary/aromatic N) is 1. The van der Waals surface area contributed by atoms with E-state index >= 15 is 0 Å². The number of carbonyl (C=O) groups excluding carboxylic acids is 1. The van der Waals surface area contributed by atoms with Crippen LogP contribution in [0.15, 0.2) is 16.3 Å². The summed E-state index contributed by atoms with van der Waals surface area (Å²) in [4.78, 5) is 14.1. The van der Waals surface area contributed by atoms with Crippen molar-refractivity contribution in [3.05, 3.63) is 16.3 Å². The average Bonchev–Trinajstić information content (AvgIpc) is 3.04. The Kier molecular flexibility index (Phi) is 7.68. The molecule has 2 heterocycles. The van der Waals surface area contributed by atoms with Gasteiger partial charge in [0, 0.05) is 12.1 Å². The largest absolute Gasteiger partial charge is 0.465 e. The van der Waals surface area contributed by atoms with Gasteiger partial charge in [-0.1, -0.05) is 6.42 Å². The molecule has 0 spiro atoms. The van der Waals surface area contributed by atoms with Gasteiger partial charge in [-0.15, -0.1) is 23.7 Å². The number of sulfonamides is 1. The molecule has 1 aliphatic heterocycles. The van der Waals surface area contributed by atoms with Crippen molar-refractivity contribution in [2.24, 2.45) is 0 Å². The Bertz CT molecular complexity index is 652. The summed E-state index contributed by atoms with van der Waals surface area (Å²) < 4.78 is 32.4. The summed E-state index contributed by atoms with van der Waals surface area (Å²) in [6, 6.07) is 1.44. The third-order valence-corrected chi connectivity index (χ3v) is 6.66. The lowest BCUT2D eigenvalue weighted by Crippen LogP contribution is -2.53. The van der Waals surface area contributed by atoms with E-state index in [-0.39, 0.29) is 27.7 Å². The molecule has 1 N–H and O–H groups in total. The first-order valence-electron chi connectivity index (χ1n) is 7.68. The molecule has 0 bridgehead atoms. The molecule has 0 aromatic carbocycles. The van der Waals surface area contributed by atoms with Crippen molar-refractivity contribution >= 4 is 39.7 Å². The van der Waals surface area contributed by atoms with Crippen LogP contribution in [0.2, 0.25) is 0 Å². The fraction of sp³-hybridized carbons (Fsp3) is 0.667. The number of hydrogen-bond donors (Lipinski definition) is 1. The maximum Gasteiger partial charge on any atom is 0.349 e. The number of thiophene rings is 1. The molecule has 1 fully saturated rings. The lowest BCUT2D eigenvalue weighted by atomic mass is 9.99. The van der Waals surface area contributed by atoms with Crippen LogP contribution in [0.1, 0.15) is 42.8 Å². The first-order chi connectivity index (χ1) is 10.8. The summed E-state index contributed by atoms with van der Waals surface area (Å²) in [5, 5.41) is 1.58. The van der Waals surface area contributed by atoms with Crippen LogP contribution in [0.3, 0.4) is 0 Å². The summed E-state index contributed by atoms with van der Waals surface area (Å²) in [6.07, 6.45) is 3.52. The quantitative estimate of drug-likeness (QED) is 0.747. The molecule has 1 aromatic heterocycles. The number of carbonyl (C=O) groups is 1. The number of ether oxygens (including phenoxy) is 1. The van der Waals surface area contributed by atoms with Gasteiger partial charge in [-0.25, -0.2) is 17.9 Å². The van der Waals surface area contributed by atoms with Gasteiger partial charge in [0.1, 0.15) is 9.77 Å². The molecule has 1 aromatic rings. The lowest BCUT2D eigenvalue weighted by molar-refractivity contribution is 0.0602. The van der Waals surface area contributed by atoms with E-state index in [1.165, 1.54) is 19.6 Å². The van der Waals surface area contributed by atoms with Crippen LogP contribution in [0.5, 0.6) is 0 Å². The van der Waals surface area contributed by atoms with Crippen molar-refractivity contribution in [2.45, 2.75) is 43.5 Å². The standard InChI is InChI=1S/C15H24N2O4S2.ClH/c1-15(2,17-8-5-4-6-9-17)11-16-23(19,20)12-7-10-22-13(12)14(18)21-3;/h7,10,16H,4-6,8-9,11H2,1-3H3;1H. The van der Waals surface area contributed by atoms with Gasteiger partial charge in [0.25, 0.3) is 0 Å². The Morgan fingerprint density at radius 1 is 1.33 bits per heavy atom. The third-order valence-electron chi connectivity index (χ3n) is 4.20. The van der Waals surface area contributed by atoms with Crippen LogP contribution in [0, 0.1) is 0 Å². The molecule has 0 radical (unpaired) electrons. The second kappa shape index (κ2) is 8.62. The first kappa shape index (κ1) is 21.4. The maximum absolute atomic E-state index is 12.5. The van der Waals surface area contributed by atoms with Crippen LogP contribution in [-0.2, 0) is 14.8 Å². The molecule has 1 saturated heterocycles. The predicted octanol–water partition coefficient (Wildman–Crippen LogP) is 2.50. The number of likely N-dealkylation sites (tertiary alicyclic amines) is 1. The van der Waals surface area contributed by atoms with Crippen molar-refractivity contribution in [3.8, 4) is 0 Å². The predicted molar refractivity (Wildman–Crippen MR) is 97.6 cm³/mol. The minimum Gasteiger partial charge on any atom is -0.465 e. The monoisotopic (exact) mass is 396 g/mol. The molecule has 2 rings (SSSR count). The summed E-state index contributed by atoms with van der Waals surface area (Å²) in [6.45, 7) is 6.35. The molecule has 6 nitrogen and oxygen atoms in total. The zero-order chi connectivity index (χ0) is 17.1. The van der Waals surface area contributed by atoms with E-state index in [1.807, 2.05) is 13.8 Å². The van der Waals surface area contributed by atoms with Crippen LogP contribution in [-0.4, -0.2) is 51.6 Å². The van der Waals surface area contributed by atoms with Gasteiger partial charge in [-0.2, -0.15) is 0 Å². The Hall–Kier alpha value is -0.670. The van der Waals surface area contributed by atoms with Gasteiger partial charge in [-0.3, -0.25) is 4.90 Å². The zero-order valence-corrected chi connectivity index (χ0v) is 16.7. The van der Waals surface area contributed by atoms with Gasteiger partial charge in [-0.05, 0) is 51.2 Å². The van der Waals surface area contributed by atoms with E-state index in [9.17, 15) is 13.2 Å². The van der Waals surface area contributed by atoms with Gasteiger partial charge in [0.2, 0.25) is 10.0 Å². The maximum atomic E-state index is 12.5. The normalized spacial score (nSPS) is 16.5. The van der Waals surface area contributed by atoms with E-state index < -0.39 is 16.0 Å². The topological polar surface area (TPSA) is 75.7 Å². The van der Waals surface area contributed by atoms with Crippen molar-refractivity contribution < 1.29 is 17.9 Å². The van der Waals surface area contributed by atoms with Crippen molar-refractivity contribution in [2.75, 3.05) is 26.7 Å². The minimum atomic E-state index is -3.74. The molecule has 0 amide bonds. The summed E-state index contributed by atoms with van der Waals surface area (Å²) >= 11 is 1.07. The highest BCUT2D eigenvalue weighted by atomic mass is 35.5. The minimum absolute atomic E-state index is 0. The number of piperidine rings is 1. The van der Waals surface area contributed by atoms with Gasteiger partial charge < -0.3 is 4.74 Å². The molecule has 0 aliphatic carbocycles. The van der Waals surface area contributed by atoms with Crippen molar-refractivity contribution in [1.29, 1.82) is 0 Å². The molecule has 0 atom stereocenters. The van der Waals surface area contributed by atoms with Crippen LogP contribution in [0.25, 0.3) is 0 Å². The Morgan fingerprint density at radius 2 is 1.96 bits per heavy atom. The summed E-state index contributed by atoms with van der Waals surface area (Å²) in [7, 11) is -2.50. The smallest absolute Gasteiger partial charge is 0.349 e. The second-order valence-corrected chi connectivity index (χ2v) is 8.94. The van der Waals surface area contributed by atoms with E-state index in [2.05, 4.69) is 14.4 Å². The Balaban J connectivity index is 0.00000288. The Morgan fingerprint density at radius 3 is 2.54 bits per heavy atom. The van der Waals surface area contributed by atoms with E-state index in [4.69, 9.17) is 0 Å². The molecule has 1 aliphatic rings. The van der Waals surface area contributed by atoms with Crippen LogP contribution in [0.4, 0.5) is 0 Å². The second-order valence-electron chi connectivity index (χ2n) is 6.29. The summed E-state index contributed by atoms with van der Waals surface area (Å²) in [5.74, 6) is -0.629. The number of esters is 1. The SMILES string of the molecule is COC(=O)c1sccc1S(=O)(=O)NCC(C)(C)N1CCCCC1.Cl. The van der Waals surface area contributed by atoms with Gasteiger partial charge in [0.05, 0.1) is 7.11 Å². The molecular formula is C15H25ClN2O4S2. The Labute approximate surface area is 154 Å². The van der Waals surface area contributed by atoms with Gasteiger partial charge >= 0.3 is 5.97 Å². The highest BCUT2D eigenvalue weighted by Crippen LogP contribution is 2.24. The number of methoxy groups -OCH3 is 1. The third kappa shape index (κ3) is 4.92. The highest BCUT2D eigenvalue weighted by molar-refractivity contribution is 7.89. The number of halogens is 1. The highest BCUT2D eigenvalue weighted by Gasteiger charge is 2.31. The van der Waals surface area contributed by atoms with E-state index in [0.717, 1.165) is 37.3 Å². The molecule has 9 heteroatoms. The number of nitrogens with one attached hydrogen (secondary N) is 1. The zero-order valence-electron chi connectivity index (χ0n) is 14.2. The molecule has 24 heavy (non-hydrogen) atoms. The van der Waals surface area contributed by atoms with Crippen LogP contribution < -0.4 is 4.72 Å². The molecule has 138 valence electrons. The fourth-order valence-corrected chi connectivity index (χ4v) is 5.25. The summed E-state index contributed by atoms with van der Waals surface area (Å²) in [5.41, 5.74) is -0.269. The lowest BCUT2D eigenvalue weighted by Gasteiger charge is -2.41. The van der Waals surface area contributed by atoms with Gasteiger partial charge in [0.15, 0.2) is 0 Å². The molecular weight excluding hydrogens is 372 g/mol. The van der Waals surface area contributed by atoms with Crippen LogP contribution >= 0.6 is 23.7 Å².